The van der Waals surface area contributed by atoms with Crippen molar-refractivity contribution in [2.45, 2.75) is 31.8 Å². The van der Waals surface area contributed by atoms with E-state index in [4.69, 9.17) is 5.11 Å². The smallest absolute Gasteiger partial charge is 0.307 e. The predicted molar refractivity (Wildman–Crippen MR) is 75.4 cm³/mol. The second-order valence-corrected chi connectivity index (χ2v) is 5.93. The molecule has 1 heterocycles. The maximum atomic E-state index is 12.1. The van der Waals surface area contributed by atoms with E-state index in [0.29, 0.717) is 12.8 Å². The lowest BCUT2D eigenvalue weighted by Crippen LogP contribution is -2.41. The lowest BCUT2D eigenvalue weighted by atomic mass is 9.78. The molecule has 5 nitrogen and oxygen atoms in total. The van der Waals surface area contributed by atoms with E-state index < -0.39 is 23.9 Å². The SMILES string of the molecule is O=C(O)[C@H]1CCCC[C@H]1C(=O)NCC(O)c1ccsc1. The molecule has 0 saturated heterocycles. The first-order valence-corrected chi connectivity index (χ1v) is 7.74. The summed E-state index contributed by atoms with van der Waals surface area (Å²) in [5.41, 5.74) is 0.772. The van der Waals surface area contributed by atoms with Gasteiger partial charge in [0.2, 0.25) is 5.91 Å². The van der Waals surface area contributed by atoms with Crippen LogP contribution < -0.4 is 5.32 Å². The van der Waals surface area contributed by atoms with Crippen LogP contribution in [0, 0.1) is 11.8 Å². The number of carboxylic acid groups (broad SMARTS) is 1. The van der Waals surface area contributed by atoms with Gasteiger partial charge < -0.3 is 15.5 Å². The number of carbonyl (C=O) groups is 2. The van der Waals surface area contributed by atoms with E-state index in [9.17, 15) is 14.7 Å². The molecule has 0 aromatic carbocycles. The normalized spacial score (nSPS) is 24.1. The Morgan fingerprint density at radius 3 is 2.65 bits per heavy atom. The van der Waals surface area contributed by atoms with Gasteiger partial charge in [0.25, 0.3) is 0 Å². The maximum Gasteiger partial charge on any atom is 0.307 e. The Bertz CT molecular complexity index is 460. The van der Waals surface area contributed by atoms with Crippen LogP contribution >= 0.6 is 11.3 Å². The molecule has 1 aliphatic carbocycles. The number of thiophene rings is 1. The highest BCUT2D eigenvalue weighted by Crippen LogP contribution is 2.30. The van der Waals surface area contributed by atoms with Gasteiger partial charge in [-0.3, -0.25) is 9.59 Å². The Kier molecular flexibility index (Phi) is 5.14. The molecule has 3 N–H and O–H groups in total. The van der Waals surface area contributed by atoms with Crippen LogP contribution in [0.1, 0.15) is 37.4 Å². The summed E-state index contributed by atoms with van der Waals surface area (Å²) in [5.74, 6) is -2.23. The number of carbonyl (C=O) groups excluding carboxylic acids is 1. The third kappa shape index (κ3) is 3.58. The average Bonchev–Trinajstić information content (AvgIpc) is 2.98. The summed E-state index contributed by atoms with van der Waals surface area (Å²) in [4.78, 5) is 23.3. The largest absolute Gasteiger partial charge is 0.481 e. The summed E-state index contributed by atoms with van der Waals surface area (Å²) in [5, 5.41) is 25.4. The lowest BCUT2D eigenvalue weighted by Gasteiger charge is -2.27. The number of amides is 1. The van der Waals surface area contributed by atoms with E-state index >= 15 is 0 Å². The number of aliphatic hydroxyl groups is 1. The molecule has 0 radical (unpaired) electrons. The monoisotopic (exact) mass is 297 g/mol. The van der Waals surface area contributed by atoms with E-state index in [-0.39, 0.29) is 12.5 Å². The van der Waals surface area contributed by atoms with Crippen LogP contribution in [0.25, 0.3) is 0 Å². The van der Waals surface area contributed by atoms with E-state index in [1.807, 2.05) is 16.8 Å². The zero-order valence-corrected chi connectivity index (χ0v) is 11.9. The Hall–Kier alpha value is -1.40. The summed E-state index contributed by atoms with van der Waals surface area (Å²) >= 11 is 1.48. The molecular weight excluding hydrogens is 278 g/mol. The summed E-state index contributed by atoms with van der Waals surface area (Å²) in [6, 6.07) is 1.81. The number of nitrogens with one attached hydrogen (secondary N) is 1. The summed E-state index contributed by atoms with van der Waals surface area (Å²) in [6.45, 7) is 0.123. The van der Waals surface area contributed by atoms with Crippen LogP contribution in [0.4, 0.5) is 0 Å². The van der Waals surface area contributed by atoms with Gasteiger partial charge in [-0.25, -0.2) is 0 Å². The highest BCUT2D eigenvalue weighted by Gasteiger charge is 2.35. The third-order valence-electron chi connectivity index (χ3n) is 3.82. The van der Waals surface area contributed by atoms with Crippen molar-refractivity contribution < 1.29 is 19.8 Å². The fraction of sp³-hybridized carbons (Fsp3) is 0.571. The van der Waals surface area contributed by atoms with Gasteiger partial charge in [-0.15, -0.1) is 0 Å². The van der Waals surface area contributed by atoms with Crippen LogP contribution in [0.2, 0.25) is 0 Å². The maximum absolute atomic E-state index is 12.1. The van der Waals surface area contributed by atoms with Crippen LogP contribution in [0.3, 0.4) is 0 Å². The minimum atomic E-state index is -0.900. The van der Waals surface area contributed by atoms with Gasteiger partial charge in [0.15, 0.2) is 0 Å². The first-order valence-electron chi connectivity index (χ1n) is 6.80. The molecule has 2 rings (SSSR count). The second kappa shape index (κ2) is 6.85. The number of rotatable bonds is 5. The highest BCUT2D eigenvalue weighted by atomic mass is 32.1. The molecule has 1 aromatic rings. The molecule has 0 aliphatic heterocycles. The molecule has 1 fully saturated rings. The Balaban J connectivity index is 1.88. The van der Waals surface area contributed by atoms with Crippen molar-refractivity contribution in [2.75, 3.05) is 6.54 Å². The predicted octanol–water partition coefficient (Wildman–Crippen LogP) is 1.79. The third-order valence-corrected chi connectivity index (χ3v) is 4.52. The molecule has 6 heteroatoms. The Labute approximate surface area is 121 Å². The quantitative estimate of drug-likeness (QED) is 0.773. The van der Waals surface area contributed by atoms with E-state index in [2.05, 4.69) is 5.32 Å². The van der Waals surface area contributed by atoms with Crippen molar-refractivity contribution in [3.05, 3.63) is 22.4 Å². The van der Waals surface area contributed by atoms with Gasteiger partial charge in [0.1, 0.15) is 0 Å². The fourth-order valence-electron chi connectivity index (χ4n) is 2.65. The van der Waals surface area contributed by atoms with Crippen LogP contribution in [0.5, 0.6) is 0 Å². The first kappa shape index (κ1) is 15.0. The Morgan fingerprint density at radius 2 is 2.05 bits per heavy atom. The molecule has 1 amide bonds. The highest BCUT2D eigenvalue weighted by molar-refractivity contribution is 7.07. The van der Waals surface area contributed by atoms with Crippen LogP contribution in [-0.2, 0) is 9.59 Å². The molecule has 3 atom stereocenters. The lowest BCUT2D eigenvalue weighted by molar-refractivity contribution is -0.149. The van der Waals surface area contributed by atoms with Gasteiger partial charge >= 0.3 is 5.97 Å². The van der Waals surface area contributed by atoms with Crippen molar-refractivity contribution in [3.8, 4) is 0 Å². The van der Waals surface area contributed by atoms with Gasteiger partial charge in [-0.05, 0) is 35.2 Å². The van der Waals surface area contributed by atoms with E-state index in [1.54, 1.807) is 0 Å². The number of hydrogen-bond donors (Lipinski definition) is 3. The van der Waals surface area contributed by atoms with Crippen molar-refractivity contribution in [3.63, 3.8) is 0 Å². The average molecular weight is 297 g/mol. The van der Waals surface area contributed by atoms with Gasteiger partial charge in [0.05, 0.1) is 17.9 Å². The van der Waals surface area contributed by atoms with Crippen molar-refractivity contribution >= 4 is 23.2 Å². The standard InChI is InChI=1S/C14H19NO4S/c16-12(9-5-6-20-8-9)7-15-13(17)10-3-1-2-4-11(10)14(18)19/h5-6,8,10-12,16H,1-4,7H2,(H,15,17)(H,18,19)/t10-,11+,12?/m1/s1. The first-order chi connectivity index (χ1) is 9.59. The number of carboxylic acids is 1. The van der Waals surface area contributed by atoms with Gasteiger partial charge in [0, 0.05) is 6.54 Å². The molecule has 1 unspecified atom stereocenters. The number of aliphatic hydroxyl groups excluding tert-OH is 1. The minimum Gasteiger partial charge on any atom is -0.481 e. The van der Waals surface area contributed by atoms with Crippen molar-refractivity contribution in [1.82, 2.24) is 5.32 Å². The second-order valence-electron chi connectivity index (χ2n) is 5.15. The summed E-state index contributed by atoms with van der Waals surface area (Å²) < 4.78 is 0. The molecular formula is C14H19NO4S. The fourth-order valence-corrected chi connectivity index (χ4v) is 3.36. The molecule has 1 aliphatic rings. The summed E-state index contributed by atoms with van der Waals surface area (Å²) in [7, 11) is 0. The minimum absolute atomic E-state index is 0.123. The molecule has 1 saturated carbocycles. The van der Waals surface area contributed by atoms with E-state index in [1.165, 1.54) is 11.3 Å². The van der Waals surface area contributed by atoms with Crippen molar-refractivity contribution in [1.29, 1.82) is 0 Å². The summed E-state index contributed by atoms with van der Waals surface area (Å²) in [6.07, 6.45) is 2.17. The van der Waals surface area contributed by atoms with Gasteiger partial charge in [-0.1, -0.05) is 12.8 Å². The molecule has 1 aromatic heterocycles. The molecule has 0 spiro atoms. The van der Waals surface area contributed by atoms with E-state index in [0.717, 1.165) is 18.4 Å². The zero-order chi connectivity index (χ0) is 14.5. The van der Waals surface area contributed by atoms with Gasteiger partial charge in [-0.2, -0.15) is 11.3 Å². The Morgan fingerprint density at radius 1 is 1.35 bits per heavy atom. The topological polar surface area (TPSA) is 86.6 Å². The molecule has 20 heavy (non-hydrogen) atoms. The molecule has 110 valence electrons. The number of hydrogen-bond acceptors (Lipinski definition) is 4. The molecule has 0 bridgehead atoms. The number of aliphatic carboxylic acids is 1. The van der Waals surface area contributed by atoms with Crippen molar-refractivity contribution in [2.24, 2.45) is 11.8 Å². The zero-order valence-electron chi connectivity index (χ0n) is 11.1. The van der Waals surface area contributed by atoms with Crippen LogP contribution in [-0.4, -0.2) is 28.6 Å². The van der Waals surface area contributed by atoms with Crippen LogP contribution in [0.15, 0.2) is 16.8 Å².